The summed E-state index contributed by atoms with van der Waals surface area (Å²) < 4.78 is 5.18. The summed E-state index contributed by atoms with van der Waals surface area (Å²) in [7, 11) is 3.38. The number of nitrogens with zero attached hydrogens (tertiary/aromatic N) is 3. The molecule has 160 valence electrons. The summed E-state index contributed by atoms with van der Waals surface area (Å²) in [5.41, 5.74) is 2.43. The number of carbonyl (C=O) groups excluding carboxylic acids is 1. The number of anilines is 1. The Morgan fingerprint density at radius 3 is 2.33 bits per heavy atom. The minimum absolute atomic E-state index is 0.0980. The molecule has 2 N–H and O–H groups in total. The van der Waals surface area contributed by atoms with Crippen LogP contribution in [0.4, 0.5) is 5.69 Å². The molecule has 0 spiro atoms. The lowest BCUT2D eigenvalue weighted by atomic mass is 10.1. The standard InChI is InChI=1S/C23H31N5O2/c1-24-23(25-13-12-19-8-10-21(30-2)11-9-19)26-18-22(29)28-16-14-27(15-17-28)20-6-4-3-5-7-20/h3-11H,12-18H2,1-2H3,(H2,24,25,26). The molecule has 1 heterocycles. The first kappa shape index (κ1) is 21.5. The SMILES string of the molecule is CN=C(NCCc1ccc(OC)cc1)NCC(=O)N1CCN(c2ccccc2)CC1. The van der Waals surface area contributed by atoms with E-state index in [9.17, 15) is 4.79 Å². The molecule has 1 saturated heterocycles. The van der Waals surface area contributed by atoms with Crippen LogP contribution >= 0.6 is 0 Å². The van der Waals surface area contributed by atoms with Crippen molar-refractivity contribution in [2.75, 3.05) is 58.3 Å². The van der Waals surface area contributed by atoms with E-state index in [1.54, 1.807) is 14.2 Å². The largest absolute Gasteiger partial charge is 0.497 e. The first-order chi connectivity index (χ1) is 14.7. The van der Waals surface area contributed by atoms with E-state index >= 15 is 0 Å². The van der Waals surface area contributed by atoms with E-state index in [-0.39, 0.29) is 12.5 Å². The molecule has 0 bridgehead atoms. The summed E-state index contributed by atoms with van der Waals surface area (Å²) in [5, 5.41) is 6.39. The maximum absolute atomic E-state index is 12.6. The number of carbonyl (C=O) groups is 1. The predicted octanol–water partition coefficient (Wildman–Crippen LogP) is 1.75. The number of nitrogens with one attached hydrogen (secondary N) is 2. The van der Waals surface area contributed by atoms with Gasteiger partial charge in [0.1, 0.15) is 5.75 Å². The van der Waals surface area contributed by atoms with Crippen LogP contribution in [0, 0.1) is 0 Å². The number of benzene rings is 2. The van der Waals surface area contributed by atoms with Gasteiger partial charge in [-0.25, -0.2) is 0 Å². The van der Waals surface area contributed by atoms with Crippen LogP contribution in [0.25, 0.3) is 0 Å². The van der Waals surface area contributed by atoms with Gasteiger partial charge in [-0.2, -0.15) is 0 Å². The second-order valence-electron chi connectivity index (χ2n) is 7.15. The Kier molecular flexibility index (Phi) is 7.94. The molecule has 0 aliphatic carbocycles. The van der Waals surface area contributed by atoms with Crippen LogP contribution in [0.3, 0.4) is 0 Å². The molecule has 3 rings (SSSR count). The van der Waals surface area contributed by atoms with Gasteiger partial charge in [0.15, 0.2) is 5.96 Å². The normalized spacial score (nSPS) is 14.4. The van der Waals surface area contributed by atoms with E-state index in [4.69, 9.17) is 4.74 Å². The zero-order valence-electron chi connectivity index (χ0n) is 17.8. The van der Waals surface area contributed by atoms with E-state index < -0.39 is 0 Å². The average Bonchev–Trinajstić information content (AvgIpc) is 2.82. The smallest absolute Gasteiger partial charge is 0.242 e. The molecule has 0 unspecified atom stereocenters. The number of rotatable bonds is 7. The van der Waals surface area contributed by atoms with Gasteiger partial charge in [0.25, 0.3) is 0 Å². The summed E-state index contributed by atoms with van der Waals surface area (Å²) >= 11 is 0. The molecule has 0 radical (unpaired) electrons. The molecule has 2 aromatic carbocycles. The van der Waals surface area contributed by atoms with E-state index in [1.165, 1.54) is 11.3 Å². The number of piperazine rings is 1. The number of aliphatic imine (C=N–C) groups is 1. The maximum atomic E-state index is 12.6. The Labute approximate surface area is 178 Å². The summed E-state index contributed by atoms with van der Waals surface area (Å²) in [5.74, 6) is 1.59. The minimum atomic E-state index is 0.0980. The van der Waals surface area contributed by atoms with E-state index in [0.29, 0.717) is 5.96 Å². The molecule has 7 nitrogen and oxygen atoms in total. The van der Waals surface area contributed by atoms with Gasteiger partial charge >= 0.3 is 0 Å². The number of hydrogen-bond acceptors (Lipinski definition) is 4. The number of para-hydroxylation sites is 1. The lowest BCUT2D eigenvalue weighted by molar-refractivity contribution is -0.130. The highest BCUT2D eigenvalue weighted by atomic mass is 16.5. The Balaban J connectivity index is 1.36. The van der Waals surface area contributed by atoms with Crippen LogP contribution in [-0.2, 0) is 11.2 Å². The van der Waals surface area contributed by atoms with Gasteiger partial charge in [-0.15, -0.1) is 0 Å². The summed E-state index contributed by atoms with van der Waals surface area (Å²) in [6, 6.07) is 18.4. The number of amides is 1. The maximum Gasteiger partial charge on any atom is 0.242 e. The molecule has 0 aromatic heterocycles. The molecule has 1 aliphatic heterocycles. The first-order valence-electron chi connectivity index (χ1n) is 10.3. The molecular formula is C23H31N5O2. The van der Waals surface area contributed by atoms with Crippen molar-refractivity contribution in [1.29, 1.82) is 0 Å². The van der Waals surface area contributed by atoms with Crippen molar-refractivity contribution in [2.45, 2.75) is 6.42 Å². The van der Waals surface area contributed by atoms with Crippen molar-refractivity contribution in [3.05, 3.63) is 60.2 Å². The Bertz CT molecular complexity index is 815. The number of methoxy groups -OCH3 is 1. The lowest BCUT2D eigenvalue weighted by Gasteiger charge is -2.36. The topological polar surface area (TPSA) is 69.2 Å². The van der Waals surface area contributed by atoms with Crippen LogP contribution in [0.1, 0.15) is 5.56 Å². The number of hydrogen-bond donors (Lipinski definition) is 2. The van der Waals surface area contributed by atoms with Gasteiger partial charge in [-0.05, 0) is 36.2 Å². The molecule has 1 aliphatic rings. The number of guanidine groups is 1. The molecule has 0 atom stereocenters. The fourth-order valence-electron chi connectivity index (χ4n) is 3.46. The molecule has 2 aromatic rings. The predicted molar refractivity (Wildman–Crippen MR) is 121 cm³/mol. The molecular weight excluding hydrogens is 378 g/mol. The first-order valence-corrected chi connectivity index (χ1v) is 10.3. The van der Waals surface area contributed by atoms with Crippen molar-refractivity contribution in [3.63, 3.8) is 0 Å². The van der Waals surface area contributed by atoms with Crippen molar-refractivity contribution < 1.29 is 9.53 Å². The highest BCUT2D eigenvalue weighted by Crippen LogP contribution is 2.15. The quantitative estimate of drug-likeness (QED) is 0.539. The summed E-state index contributed by atoms with van der Waals surface area (Å²) in [6.45, 7) is 4.15. The van der Waals surface area contributed by atoms with Crippen molar-refractivity contribution >= 4 is 17.6 Å². The third-order valence-corrected chi connectivity index (χ3v) is 5.25. The summed E-state index contributed by atoms with van der Waals surface area (Å²) in [6.07, 6.45) is 0.861. The molecule has 1 fully saturated rings. The van der Waals surface area contributed by atoms with Crippen LogP contribution in [0.5, 0.6) is 5.75 Å². The Hall–Kier alpha value is -3.22. The van der Waals surface area contributed by atoms with Crippen molar-refractivity contribution in [3.8, 4) is 5.75 Å². The molecule has 0 saturated carbocycles. The van der Waals surface area contributed by atoms with Gasteiger partial charge in [-0.3, -0.25) is 9.79 Å². The van der Waals surface area contributed by atoms with Gasteiger partial charge in [0.05, 0.1) is 13.7 Å². The van der Waals surface area contributed by atoms with Crippen LogP contribution in [0.2, 0.25) is 0 Å². The van der Waals surface area contributed by atoms with Crippen molar-refractivity contribution in [2.24, 2.45) is 4.99 Å². The molecule has 7 heteroatoms. The van der Waals surface area contributed by atoms with Crippen molar-refractivity contribution in [1.82, 2.24) is 15.5 Å². The van der Waals surface area contributed by atoms with Gasteiger partial charge in [0.2, 0.25) is 5.91 Å². The molecule has 1 amide bonds. The highest BCUT2D eigenvalue weighted by Gasteiger charge is 2.21. The third kappa shape index (κ3) is 6.14. The van der Waals surface area contributed by atoms with E-state index in [2.05, 4.69) is 44.8 Å². The fourth-order valence-corrected chi connectivity index (χ4v) is 3.46. The van der Waals surface area contributed by atoms with E-state index in [1.807, 2.05) is 35.2 Å². The fraction of sp³-hybridized carbons (Fsp3) is 0.391. The van der Waals surface area contributed by atoms with Crippen LogP contribution in [0.15, 0.2) is 59.6 Å². The molecule has 30 heavy (non-hydrogen) atoms. The Morgan fingerprint density at radius 1 is 1.00 bits per heavy atom. The van der Waals surface area contributed by atoms with Crippen LogP contribution in [-0.4, -0.2) is 70.2 Å². The second-order valence-corrected chi connectivity index (χ2v) is 7.15. The second kappa shape index (κ2) is 11.1. The monoisotopic (exact) mass is 409 g/mol. The zero-order valence-corrected chi connectivity index (χ0v) is 17.8. The zero-order chi connectivity index (χ0) is 21.2. The highest BCUT2D eigenvalue weighted by molar-refractivity contribution is 5.86. The lowest BCUT2D eigenvalue weighted by Crippen LogP contribution is -2.52. The number of ether oxygens (including phenoxy) is 1. The van der Waals surface area contributed by atoms with Gasteiger partial charge in [-0.1, -0.05) is 30.3 Å². The minimum Gasteiger partial charge on any atom is -0.497 e. The third-order valence-electron chi connectivity index (χ3n) is 5.25. The van der Waals surface area contributed by atoms with E-state index in [0.717, 1.165) is 44.9 Å². The Morgan fingerprint density at radius 2 is 1.70 bits per heavy atom. The van der Waals surface area contributed by atoms with Gasteiger partial charge < -0.3 is 25.2 Å². The average molecular weight is 410 g/mol. The summed E-state index contributed by atoms with van der Waals surface area (Å²) in [4.78, 5) is 21.0. The van der Waals surface area contributed by atoms with Crippen LogP contribution < -0.4 is 20.3 Å². The van der Waals surface area contributed by atoms with Gasteiger partial charge in [0, 0.05) is 45.5 Å².